The molecule has 120 valence electrons. The van der Waals surface area contributed by atoms with Crippen LogP contribution in [-0.4, -0.2) is 30.4 Å². The molecular weight excluding hydrogens is 314 g/mol. The fourth-order valence-corrected chi connectivity index (χ4v) is 4.13. The number of nitrogens with zero attached hydrogens (tertiary/aromatic N) is 1. The van der Waals surface area contributed by atoms with Crippen molar-refractivity contribution in [3.8, 4) is 28.4 Å². The van der Waals surface area contributed by atoms with Crippen molar-refractivity contribution in [3.63, 3.8) is 0 Å². The van der Waals surface area contributed by atoms with Gasteiger partial charge < -0.3 is 14.6 Å². The lowest BCUT2D eigenvalue weighted by atomic mass is 9.76. The quantitative estimate of drug-likeness (QED) is 0.804. The second-order valence-corrected chi connectivity index (χ2v) is 6.32. The maximum Gasteiger partial charge on any atom is 0.231 e. The molecule has 2 aromatic carbocycles. The number of phenols is 1. The van der Waals surface area contributed by atoms with E-state index in [0.717, 1.165) is 42.0 Å². The number of fused-ring (bicyclic) bond motifs is 4. The Morgan fingerprint density at radius 2 is 2.04 bits per heavy atom. The van der Waals surface area contributed by atoms with Crippen molar-refractivity contribution >= 4 is 12.4 Å². The van der Waals surface area contributed by atoms with Crippen molar-refractivity contribution in [1.82, 2.24) is 4.90 Å². The summed E-state index contributed by atoms with van der Waals surface area (Å²) >= 11 is 0. The molecule has 1 atom stereocenters. The Bertz CT molecular complexity index is 805. The van der Waals surface area contributed by atoms with E-state index >= 15 is 0 Å². The van der Waals surface area contributed by atoms with Gasteiger partial charge in [-0.15, -0.1) is 12.4 Å². The molecule has 2 heterocycles. The lowest BCUT2D eigenvalue weighted by Gasteiger charge is -2.40. The van der Waals surface area contributed by atoms with E-state index in [2.05, 4.69) is 24.1 Å². The first-order valence-electron chi connectivity index (χ1n) is 7.71. The number of hydrogen-bond acceptors (Lipinski definition) is 4. The molecule has 1 N–H and O–H groups in total. The van der Waals surface area contributed by atoms with Gasteiger partial charge in [0.15, 0.2) is 11.5 Å². The zero-order valence-corrected chi connectivity index (χ0v) is 13.7. The molecule has 0 saturated carbocycles. The second kappa shape index (κ2) is 5.05. The molecule has 5 heteroatoms. The van der Waals surface area contributed by atoms with Crippen LogP contribution in [0, 0.1) is 0 Å². The highest BCUT2D eigenvalue weighted by molar-refractivity contribution is 5.87. The first-order chi connectivity index (χ1) is 10.7. The number of hydrogen-bond donors (Lipinski definition) is 1. The molecule has 0 unspecified atom stereocenters. The van der Waals surface area contributed by atoms with E-state index in [1.54, 1.807) is 6.07 Å². The Balaban J connectivity index is 0.00000135. The molecule has 2 aliphatic heterocycles. The topological polar surface area (TPSA) is 41.9 Å². The van der Waals surface area contributed by atoms with Crippen LogP contribution in [0.1, 0.15) is 22.7 Å². The average Bonchev–Trinajstić information content (AvgIpc) is 2.98. The fraction of sp³-hybridized carbons (Fsp3) is 0.333. The number of likely N-dealkylation sites (N-methyl/N-ethyl adjacent to an activating group) is 1. The molecule has 5 rings (SSSR count). The SMILES string of the molecule is CN1CCc2cc3c(c4c2[C@@H]1Cc1cccc(O)c1-4)OCO3.Cl. The van der Waals surface area contributed by atoms with Crippen LogP contribution < -0.4 is 9.47 Å². The summed E-state index contributed by atoms with van der Waals surface area (Å²) in [5.41, 5.74) is 5.79. The molecule has 4 nitrogen and oxygen atoms in total. The Kier molecular flexibility index (Phi) is 3.22. The maximum absolute atomic E-state index is 10.5. The van der Waals surface area contributed by atoms with Gasteiger partial charge in [0.2, 0.25) is 6.79 Å². The van der Waals surface area contributed by atoms with Crippen molar-refractivity contribution in [2.24, 2.45) is 0 Å². The Hall–Kier alpha value is -1.91. The minimum absolute atomic E-state index is 0. The van der Waals surface area contributed by atoms with E-state index in [-0.39, 0.29) is 19.2 Å². The number of benzene rings is 2. The number of ether oxygens (including phenoxy) is 2. The summed E-state index contributed by atoms with van der Waals surface area (Å²) in [6, 6.07) is 8.26. The molecule has 0 bridgehead atoms. The highest BCUT2D eigenvalue weighted by Gasteiger charge is 2.38. The summed E-state index contributed by atoms with van der Waals surface area (Å²) in [4.78, 5) is 2.40. The third kappa shape index (κ3) is 1.88. The zero-order chi connectivity index (χ0) is 14.8. The van der Waals surface area contributed by atoms with Crippen LogP contribution in [0.3, 0.4) is 0 Å². The molecule has 1 aliphatic carbocycles. The van der Waals surface area contributed by atoms with Crippen molar-refractivity contribution in [3.05, 3.63) is 41.0 Å². The number of rotatable bonds is 0. The van der Waals surface area contributed by atoms with Gasteiger partial charge in [-0.1, -0.05) is 12.1 Å². The highest BCUT2D eigenvalue weighted by atomic mass is 35.5. The normalized spacial score (nSPS) is 20.5. The summed E-state index contributed by atoms with van der Waals surface area (Å²) in [5, 5.41) is 10.5. The number of halogens is 1. The van der Waals surface area contributed by atoms with Gasteiger partial charge in [-0.25, -0.2) is 0 Å². The van der Waals surface area contributed by atoms with E-state index in [0.29, 0.717) is 11.8 Å². The Labute approximate surface area is 141 Å². The van der Waals surface area contributed by atoms with Gasteiger partial charge in [-0.3, -0.25) is 4.90 Å². The smallest absolute Gasteiger partial charge is 0.231 e. The molecule has 3 aliphatic rings. The van der Waals surface area contributed by atoms with E-state index in [4.69, 9.17) is 9.47 Å². The second-order valence-electron chi connectivity index (χ2n) is 6.32. The molecule has 23 heavy (non-hydrogen) atoms. The lowest BCUT2D eigenvalue weighted by molar-refractivity contribution is 0.174. The standard InChI is InChI=1S/C18H17NO3.ClH/c1-19-6-5-11-8-14-18(22-9-21-14)17-15(11)12(19)7-10-3-2-4-13(20)16(10)17;/h2-4,8,12,20H,5-7,9H2,1H3;1H/t12-;/m0./s1. The Morgan fingerprint density at radius 3 is 2.91 bits per heavy atom. The molecule has 0 fully saturated rings. The third-order valence-corrected chi connectivity index (χ3v) is 5.18. The van der Waals surface area contributed by atoms with Gasteiger partial charge in [-0.2, -0.15) is 0 Å². The van der Waals surface area contributed by atoms with Gasteiger partial charge in [0, 0.05) is 23.7 Å². The number of phenolic OH excluding ortho intramolecular Hbond substituents is 1. The van der Waals surface area contributed by atoms with Gasteiger partial charge in [0.05, 0.1) is 0 Å². The average molecular weight is 332 g/mol. The lowest BCUT2D eigenvalue weighted by Crippen LogP contribution is -2.35. The predicted molar refractivity (Wildman–Crippen MR) is 89.7 cm³/mol. The molecular formula is C18H18ClNO3. The summed E-state index contributed by atoms with van der Waals surface area (Å²) < 4.78 is 11.4. The summed E-state index contributed by atoms with van der Waals surface area (Å²) in [7, 11) is 2.18. The van der Waals surface area contributed by atoms with E-state index in [1.165, 1.54) is 16.7 Å². The monoisotopic (exact) mass is 331 g/mol. The summed E-state index contributed by atoms with van der Waals surface area (Å²) in [6.07, 6.45) is 1.94. The Morgan fingerprint density at radius 1 is 1.17 bits per heavy atom. The molecule has 0 radical (unpaired) electrons. The van der Waals surface area contributed by atoms with Crippen LogP contribution >= 0.6 is 12.4 Å². The van der Waals surface area contributed by atoms with Crippen LogP contribution in [0.15, 0.2) is 24.3 Å². The minimum atomic E-state index is 0. The van der Waals surface area contributed by atoms with Crippen LogP contribution in [-0.2, 0) is 12.8 Å². The predicted octanol–water partition coefficient (Wildman–Crippen LogP) is 3.29. The van der Waals surface area contributed by atoms with Crippen LogP contribution in [0.25, 0.3) is 11.1 Å². The fourth-order valence-electron chi connectivity index (χ4n) is 4.13. The molecule has 2 aromatic rings. The zero-order valence-electron chi connectivity index (χ0n) is 12.8. The van der Waals surface area contributed by atoms with Gasteiger partial charge in [-0.05, 0) is 48.7 Å². The van der Waals surface area contributed by atoms with Crippen molar-refractivity contribution in [2.75, 3.05) is 20.4 Å². The van der Waals surface area contributed by atoms with Crippen LogP contribution in [0.5, 0.6) is 17.2 Å². The molecule has 0 aromatic heterocycles. The van der Waals surface area contributed by atoms with E-state index in [9.17, 15) is 5.11 Å². The van der Waals surface area contributed by atoms with Gasteiger partial charge >= 0.3 is 0 Å². The van der Waals surface area contributed by atoms with Crippen molar-refractivity contribution in [2.45, 2.75) is 18.9 Å². The maximum atomic E-state index is 10.5. The van der Waals surface area contributed by atoms with Gasteiger partial charge in [0.25, 0.3) is 0 Å². The summed E-state index contributed by atoms with van der Waals surface area (Å²) in [5.74, 6) is 1.94. The van der Waals surface area contributed by atoms with E-state index < -0.39 is 0 Å². The minimum Gasteiger partial charge on any atom is -0.507 e. The largest absolute Gasteiger partial charge is 0.507 e. The van der Waals surface area contributed by atoms with Gasteiger partial charge in [0.1, 0.15) is 5.75 Å². The highest BCUT2D eigenvalue weighted by Crippen LogP contribution is 2.55. The number of aromatic hydroxyl groups is 1. The first kappa shape index (κ1) is 14.7. The third-order valence-electron chi connectivity index (χ3n) is 5.18. The molecule has 0 spiro atoms. The van der Waals surface area contributed by atoms with Crippen LogP contribution in [0.4, 0.5) is 0 Å². The summed E-state index contributed by atoms with van der Waals surface area (Å²) in [6.45, 7) is 1.31. The van der Waals surface area contributed by atoms with Crippen molar-refractivity contribution in [1.29, 1.82) is 0 Å². The molecule has 0 amide bonds. The van der Waals surface area contributed by atoms with Crippen molar-refractivity contribution < 1.29 is 14.6 Å². The van der Waals surface area contributed by atoms with E-state index in [1.807, 2.05) is 6.07 Å². The van der Waals surface area contributed by atoms with Crippen LogP contribution in [0.2, 0.25) is 0 Å². The first-order valence-corrected chi connectivity index (χ1v) is 7.71. The molecule has 0 saturated heterocycles.